The fraction of sp³-hybridized carbons (Fsp3) is 0.400. The molecular weight excluding hydrogens is 211 g/mol. The molecule has 14 heavy (non-hydrogen) atoms. The van der Waals surface area contributed by atoms with Gasteiger partial charge in [0.15, 0.2) is 5.82 Å². The lowest BCUT2D eigenvalue weighted by Gasteiger charge is -1.91. The zero-order chi connectivity index (χ0) is 11.0. The predicted octanol–water partition coefficient (Wildman–Crippen LogP) is 0.0214. The summed E-state index contributed by atoms with van der Waals surface area (Å²) in [6, 6.07) is 0. The van der Waals surface area contributed by atoms with Gasteiger partial charge in [0.2, 0.25) is 0 Å². The van der Waals surface area contributed by atoms with Crippen molar-refractivity contribution in [1.29, 1.82) is 0 Å². The number of hydrogen-bond donors (Lipinski definition) is 4. The van der Waals surface area contributed by atoms with Gasteiger partial charge in [-0.15, -0.1) is 9.79 Å². The molecule has 1 aromatic rings. The molecule has 0 atom stereocenters. The number of hydrogen-bond acceptors (Lipinski definition) is 5. The van der Waals surface area contributed by atoms with Crippen LogP contribution in [0, 0.1) is 0 Å². The summed E-state index contributed by atoms with van der Waals surface area (Å²) in [7, 11) is -2.87. The van der Waals surface area contributed by atoms with Gasteiger partial charge in [-0.2, -0.15) is 5.10 Å². The first-order chi connectivity index (χ1) is 6.61. The van der Waals surface area contributed by atoms with Crippen LogP contribution in [-0.4, -0.2) is 35.9 Å². The van der Waals surface area contributed by atoms with Gasteiger partial charge in [0.05, 0.1) is 0 Å². The minimum absolute atomic E-state index is 0.512. The molecule has 0 spiro atoms. The van der Waals surface area contributed by atoms with Crippen LogP contribution in [-0.2, 0) is 4.57 Å². The molecule has 0 unspecified atom stereocenters. The number of H-pyrrole nitrogens is 1. The maximum Gasteiger partial charge on any atom is 0.692 e. The Morgan fingerprint density at radius 2 is 2.29 bits per heavy atom. The lowest BCUT2D eigenvalue weighted by atomic mass is 10.3. The van der Waals surface area contributed by atoms with Crippen LogP contribution < -0.4 is 0 Å². The fourth-order valence-electron chi connectivity index (χ4n) is 0.630. The van der Waals surface area contributed by atoms with Crippen LogP contribution in [0.15, 0.2) is 11.5 Å². The van der Waals surface area contributed by atoms with Crippen LogP contribution in [0.1, 0.15) is 19.2 Å². The van der Waals surface area contributed by atoms with Crippen LogP contribution >= 0.6 is 8.25 Å². The van der Waals surface area contributed by atoms with Crippen molar-refractivity contribution in [3.63, 3.8) is 0 Å². The van der Waals surface area contributed by atoms with Gasteiger partial charge in [0.1, 0.15) is 12.0 Å². The number of aromatic nitrogens is 3. The minimum atomic E-state index is -2.87. The van der Waals surface area contributed by atoms with E-state index in [4.69, 9.17) is 19.6 Å². The molecule has 1 rings (SSSR count). The monoisotopic (exact) mass is 221 g/mol. The van der Waals surface area contributed by atoms with Gasteiger partial charge in [-0.05, 0) is 6.42 Å². The highest BCUT2D eigenvalue weighted by atomic mass is 31.1. The number of nitrogens with one attached hydrogen (secondary N) is 1. The zero-order valence-electron chi connectivity index (χ0n) is 7.32. The van der Waals surface area contributed by atoms with Crippen molar-refractivity contribution in [1.82, 2.24) is 15.2 Å². The van der Waals surface area contributed by atoms with Crippen molar-refractivity contribution < 1.29 is 19.6 Å². The quantitative estimate of drug-likeness (QED) is 0.241. The third kappa shape index (κ3) is 5.31. The Morgan fingerprint density at radius 3 is 2.57 bits per heavy atom. The summed E-state index contributed by atoms with van der Waals surface area (Å²) in [6.07, 6.45) is 2.00. The van der Waals surface area contributed by atoms with Crippen molar-refractivity contribution in [2.45, 2.75) is 13.3 Å². The highest BCUT2D eigenvalue weighted by molar-refractivity contribution is 7.30. The third-order valence-electron chi connectivity index (χ3n) is 1.14. The molecule has 0 saturated heterocycles. The molecule has 78 valence electrons. The van der Waals surface area contributed by atoms with E-state index in [2.05, 4.69) is 20.3 Å². The molecule has 0 saturated carbocycles. The second kappa shape index (κ2) is 7.07. The molecule has 9 heteroatoms. The largest absolute Gasteiger partial charge is 0.692 e. The lowest BCUT2D eigenvalue weighted by molar-refractivity contribution is 0.318. The normalized spacial score (nSPS) is 10.4. The molecule has 1 heterocycles. The first-order valence-electron chi connectivity index (χ1n) is 3.53. The summed E-state index contributed by atoms with van der Waals surface area (Å²) < 4.78 is 8.70. The summed E-state index contributed by atoms with van der Waals surface area (Å²) in [5.41, 5.74) is 0.512. The zero-order valence-corrected chi connectivity index (χ0v) is 8.22. The molecule has 1 aromatic heterocycles. The van der Waals surface area contributed by atoms with E-state index in [1.165, 1.54) is 6.33 Å². The number of rotatable bonds is 2. The second-order valence-electron chi connectivity index (χ2n) is 1.99. The van der Waals surface area contributed by atoms with Gasteiger partial charge in [0, 0.05) is 4.57 Å². The maximum atomic E-state index is 8.70. The van der Waals surface area contributed by atoms with E-state index < -0.39 is 8.25 Å². The number of oxime groups is 1. The molecule has 0 amide bonds. The van der Waals surface area contributed by atoms with Crippen LogP contribution in [0.3, 0.4) is 0 Å². The molecule has 4 N–H and O–H groups in total. The van der Waals surface area contributed by atoms with Crippen LogP contribution in [0.5, 0.6) is 0 Å². The molecule has 8 nitrogen and oxygen atoms in total. The molecule has 0 aliphatic heterocycles. The van der Waals surface area contributed by atoms with Gasteiger partial charge in [-0.1, -0.05) is 12.1 Å². The molecular formula is C5H10N4O4P+. The predicted molar refractivity (Wildman–Crippen MR) is 47.0 cm³/mol. The topological polar surface area (TPSA) is 132 Å². The van der Waals surface area contributed by atoms with Crippen molar-refractivity contribution in [2.75, 3.05) is 0 Å². The van der Waals surface area contributed by atoms with Crippen molar-refractivity contribution in [2.24, 2.45) is 5.16 Å². The number of aromatic amines is 1. The summed E-state index contributed by atoms with van der Waals surface area (Å²) >= 11 is 0. The molecule has 0 aliphatic rings. The Labute approximate surface area is 80.3 Å². The van der Waals surface area contributed by atoms with Crippen LogP contribution in [0.25, 0.3) is 0 Å². The van der Waals surface area contributed by atoms with Crippen LogP contribution in [0.4, 0.5) is 0 Å². The van der Waals surface area contributed by atoms with E-state index in [9.17, 15) is 0 Å². The second-order valence-corrected chi connectivity index (χ2v) is 2.49. The molecule has 0 bridgehead atoms. The summed E-state index contributed by atoms with van der Waals surface area (Å²) in [5, 5.41) is 17.6. The van der Waals surface area contributed by atoms with Gasteiger partial charge >= 0.3 is 8.25 Å². The third-order valence-corrected chi connectivity index (χ3v) is 1.14. The van der Waals surface area contributed by atoms with E-state index in [0.717, 1.165) is 0 Å². The minimum Gasteiger partial charge on any atom is -0.411 e. The van der Waals surface area contributed by atoms with E-state index in [1.807, 2.05) is 6.92 Å². The van der Waals surface area contributed by atoms with Crippen LogP contribution in [0.2, 0.25) is 0 Å². The Bertz CT molecular complexity index is 295. The smallest absolute Gasteiger partial charge is 0.411 e. The van der Waals surface area contributed by atoms with Crippen molar-refractivity contribution in [3.05, 3.63) is 12.2 Å². The Kier molecular flexibility index (Phi) is 6.38. The average Bonchev–Trinajstić information content (AvgIpc) is 2.58. The maximum absolute atomic E-state index is 8.70. The Balaban J connectivity index is 0.000000364. The molecule has 0 fully saturated rings. The standard InChI is InChI=1S/C5H8N4O.HO3P/c1-2-4(9-10)5-6-3-7-8-5;1-4(2)3/h3,10H,2H2,1H3,(H,6,7,8);(H-,1,2,3)/p+1. The average molecular weight is 221 g/mol. The fourth-order valence-corrected chi connectivity index (χ4v) is 0.630. The molecule has 0 aromatic carbocycles. The van der Waals surface area contributed by atoms with Gasteiger partial charge < -0.3 is 5.21 Å². The number of nitrogens with zero attached hydrogens (tertiary/aromatic N) is 3. The van der Waals surface area contributed by atoms with E-state index in [-0.39, 0.29) is 0 Å². The SMILES string of the molecule is CCC(=NO)c1ncn[nH]1.O=[P+](O)O. The highest BCUT2D eigenvalue weighted by Gasteiger charge is 2.02. The van der Waals surface area contributed by atoms with E-state index in [0.29, 0.717) is 18.0 Å². The van der Waals surface area contributed by atoms with Gasteiger partial charge in [-0.3, -0.25) is 5.10 Å². The Hall–Kier alpha value is -1.37. The highest BCUT2D eigenvalue weighted by Crippen LogP contribution is 1.98. The summed E-state index contributed by atoms with van der Waals surface area (Å²) in [4.78, 5) is 18.0. The summed E-state index contributed by atoms with van der Waals surface area (Å²) in [6.45, 7) is 1.87. The van der Waals surface area contributed by atoms with Gasteiger partial charge in [-0.25, -0.2) is 4.98 Å². The first-order valence-corrected chi connectivity index (χ1v) is 4.70. The van der Waals surface area contributed by atoms with Crippen molar-refractivity contribution in [3.8, 4) is 0 Å². The molecule has 0 radical (unpaired) electrons. The Morgan fingerprint density at radius 1 is 1.71 bits per heavy atom. The first kappa shape index (κ1) is 12.6. The lowest BCUT2D eigenvalue weighted by Crippen LogP contribution is -2.01. The van der Waals surface area contributed by atoms with Gasteiger partial charge in [0.25, 0.3) is 0 Å². The van der Waals surface area contributed by atoms with E-state index in [1.54, 1.807) is 0 Å². The summed E-state index contributed by atoms with van der Waals surface area (Å²) in [5.74, 6) is 0.519. The molecule has 0 aliphatic carbocycles. The van der Waals surface area contributed by atoms with E-state index >= 15 is 0 Å². The van der Waals surface area contributed by atoms with Crippen molar-refractivity contribution >= 4 is 14.0 Å².